The first-order valence-electron chi connectivity index (χ1n) is 7.35. The van der Waals surface area contributed by atoms with E-state index >= 15 is 0 Å². The standard InChI is InChI=1S/C15H20F3NO2/c1-2-3-8-14-9-5-4-6-11(14)12(20)7-10-19(14)13(21)15(16,17)18/h2,11H,1,3-10H2/t11-,14-/m0/s1. The van der Waals surface area contributed by atoms with Crippen molar-refractivity contribution in [1.82, 2.24) is 4.90 Å². The third kappa shape index (κ3) is 2.85. The Morgan fingerprint density at radius 3 is 2.76 bits per heavy atom. The van der Waals surface area contributed by atoms with Crippen LogP contribution in [0.25, 0.3) is 0 Å². The summed E-state index contributed by atoms with van der Waals surface area (Å²) >= 11 is 0. The third-order valence-corrected chi connectivity index (χ3v) is 4.78. The summed E-state index contributed by atoms with van der Waals surface area (Å²) in [5.74, 6) is -2.25. The van der Waals surface area contributed by atoms with E-state index in [9.17, 15) is 22.8 Å². The molecule has 1 saturated heterocycles. The molecular weight excluding hydrogens is 283 g/mol. The third-order valence-electron chi connectivity index (χ3n) is 4.78. The maximum absolute atomic E-state index is 12.9. The van der Waals surface area contributed by atoms with Crippen LogP contribution in [0.2, 0.25) is 0 Å². The van der Waals surface area contributed by atoms with Crippen molar-refractivity contribution in [2.24, 2.45) is 5.92 Å². The molecule has 2 atom stereocenters. The number of rotatable bonds is 3. The molecule has 1 amide bonds. The number of ketones is 1. The number of hydrogen-bond acceptors (Lipinski definition) is 2. The van der Waals surface area contributed by atoms with Crippen LogP contribution in [0.5, 0.6) is 0 Å². The number of alkyl halides is 3. The zero-order valence-corrected chi connectivity index (χ0v) is 11.9. The molecule has 0 aromatic rings. The Labute approximate surface area is 122 Å². The van der Waals surface area contributed by atoms with Crippen LogP contribution in [0, 0.1) is 5.92 Å². The number of hydrogen-bond donors (Lipinski definition) is 0. The fourth-order valence-electron chi connectivity index (χ4n) is 3.87. The second-order valence-electron chi connectivity index (χ2n) is 5.90. The average molecular weight is 303 g/mol. The highest BCUT2D eigenvalue weighted by Gasteiger charge is 2.56. The average Bonchev–Trinajstić information content (AvgIpc) is 2.44. The molecule has 0 unspecified atom stereocenters. The van der Waals surface area contributed by atoms with Gasteiger partial charge in [0, 0.05) is 18.9 Å². The molecule has 21 heavy (non-hydrogen) atoms. The van der Waals surface area contributed by atoms with Crippen molar-refractivity contribution < 1.29 is 22.8 Å². The molecule has 6 heteroatoms. The Balaban J connectivity index is 2.39. The van der Waals surface area contributed by atoms with Crippen LogP contribution in [0.4, 0.5) is 13.2 Å². The zero-order chi connectivity index (χ0) is 15.7. The van der Waals surface area contributed by atoms with E-state index in [0.29, 0.717) is 25.7 Å². The van der Waals surface area contributed by atoms with Crippen LogP contribution in [0.3, 0.4) is 0 Å². The molecule has 118 valence electrons. The van der Waals surface area contributed by atoms with E-state index in [1.807, 2.05) is 0 Å². The van der Waals surface area contributed by atoms with Crippen molar-refractivity contribution in [2.45, 2.75) is 56.7 Å². The lowest BCUT2D eigenvalue weighted by molar-refractivity contribution is -0.199. The number of carbonyl (C=O) groups excluding carboxylic acids is 2. The minimum atomic E-state index is -4.89. The molecule has 0 bridgehead atoms. The van der Waals surface area contributed by atoms with Crippen molar-refractivity contribution in [1.29, 1.82) is 0 Å². The fourth-order valence-corrected chi connectivity index (χ4v) is 3.87. The minimum Gasteiger partial charge on any atom is -0.328 e. The van der Waals surface area contributed by atoms with Gasteiger partial charge < -0.3 is 4.90 Å². The van der Waals surface area contributed by atoms with Crippen molar-refractivity contribution in [2.75, 3.05) is 6.54 Å². The predicted molar refractivity (Wildman–Crippen MR) is 71.5 cm³/mol. The molecule has 1 aliphatic heterocycles. The van der Waals surface area contributed by atoms with E-state index in [2.05, 4.69) is 6.58 Å². The lowest BCUT2D eigenvalue weighted by Crippen LogP contribution is -2.65. The Morgan fingerprint density at radius 2 is 2.14 bits per heavy atom. The minimum absolute atomic E-state index is 0.00462. The summed E-state index contributed by atoms with van der Waals surface area (Å²) in [5.41, 5.74) is -0.964. The van der Waals surface area contributed by atoms with Gasteiger partial charge in [-0.1, -0.05) is 18.9 Å². The number of fused-ring (bicyclic) bond motifs is 1. The lowest BCUT2D eigenvalue weighted by atomic mass is 9.65. The number of Topliss-reactive ketones (excluding diaryl/α,β-unsaturated/α-hetero) is 1. The van der Waals surface area contributed by atoms with Crippen LogP contribution in [0.15, 0.2) is 12.7 Å². The Hall–Kier alpha value is -1.33. The highest BCUT2D eigenvalue weighted by Crippen LogP contribution is 2.46. The summed E-state index contributed by atoms with van der Waals surface area (Å²) in [6.07, 6.45) is 0.307. The molecule has 1 saturated carbocycles. The smallest absolute Gasteiger partial charge is 0.328 e. The molecule has 2 fully saturated rings. The molecule has 2 aliphatic rings. The number of piperidine rings is 1. The van der Waals surface area contributed by atoms with Gasteiger partial charge >= 0.3 is 12.1 Å². The first-order chi connectivity index (χ1) is 9.83. The van der Waals surface area contributed by atoms with Gasteiger partial charge in [0.1, 0.15) is 5.78 Å². The van der Waals surface area contributed by atoms with Crippen molar-refractivity contribution in [3.63, 3.8) is 0 Å². The highest BCUT2D eigenvalue weighted by molar-refractivity contribution is 5.89. The van der Waals surface area contributed by atoms with E-state index < -0.39 is 23.5 Å². The van der Waals surface area contributed by atoms with Gasteiger partial charge in [-0.2, -0.15) is 13.2 Å². The molecule has 3 nitrogen and oxygen atoms in total. The second kappa shape index (κ2) is 5.81. The van der Waals surface area contributed by atoms with Crippen LogP contribution in [0.1, 0.15) is 44.9 Å². The maximum Gasteiger partial charge on any atom is 0.471 e. The van der Waals surface area contributed by atoms with E-state index in [4.69, 9.17) is 0 Å². The summed E-state index contributed by atoms with van der Waals surface area (Å²) in [6.45, 7) is 3.49. The zero-order valence-electron chi connectivity index (χ0n) is 11.9. The Bertz CT molecular complexity index is 447. The molecule has 0 aromatic heterocycles. The summed E-state index contributed by atoms with van der Waals surface area (Å²) in [5, 5.41) is 0. The first kappa shape index (κ1) is 16.0. The quantitative estimate of drug-likeness (QED) is 0.751. The van der Waals surface area contributed by atoms with Crippen LogP contribution in [-0.2, 0) is 9.59 Å². The molecule has 2 rings (SSSR count). The lowest BCUT2D eigenvalue weighted by Gasteiger charge is -2.54. The van der Waals surface area contributed by atoms with Crippen LogP contribution >= 0.6 is 0 Å². The first-order valence-corrected chi connectivity index (χ1v) is 7.35. The van der Waals surface area contributed by atoms with E-state index in [1.165, 1.54) is 0 Å². The summed E-state index contributed by atoms with van der Waals surface area (Å²) < 4.78 is 38.7. The number of halogens is 3. The normalized spacial score (nSPS) is 30.0. The van der Waals surface area contributed by atoms with Gasteiger partial charge in [0.25, 0.3) is 0 Å². The van der Waals surface area contributed by atoms with Gasteiger partial charge in [0.15, 0.2) is 0 Å². The van der Waals surface area contributed by atoms with Gasteiger partial charge in [-0.3, -0.25) is 9.59 Å². The van der Waals surface area contributed by atoms with Crippen molar-refractivity contribution in [3.8, 4) is 0 Å². The van der Waals surface area contributed by atoms with E-state index in [0.717, 1.165) is 17.7 Å². The number of nitrogens with zero attached hydrogens (tertiary/aromatic N) is 1. The predicted octanol–water partition coefficient (Wildman–Crippen LogP) is 3.25. The molecule has 0 N–H and O–H groups in total. The Morgan fingerprint density at radius 1 is 1.43 bits per heavy atom. The van der Waals surface area contributed by atoms with E-state index in [1.54, 1.807) is 6.08 Å². The molecule has 0 aromatic carbocycles. The number of allylic oxidation sites excluding steroid dienone is 1. The van der Waals surface area contributed by atoms with Crippen LogP contribution < -0.4 is 0 Å². The van der Waals surface area contributed by atoms with Gasteiger partial charge in [-0.15, -0.1) is 6.58 Å². The monoisotopic (exact) mass is 303 g/mol. The maximum atomic E-state index is 12.9. The molecule has 1 heterocycles. The van der Waals surface area contributed by atoms with Crippen molar-refractivity contribution >= 4 is 11.7 Å². The van der Waals surface area contributed by atoms with E-state index in [-0.39, 0.29) is 18.7 Å². The molecular formula is C15H20F3NO2. The van der Waals surface area contributed by atoms with Crippen molar-refractivity contribution in [3.05, 3.63) is 12.7 Å². The largest absolute Gasteiger partial charge is 0.471 e. The van der Waals surface area contributed by atoms with Crippen LogP contribution in [-0.4, -0.2) is 34.9 Å². The molecule has 0 radical (unpaired) electrons. The molecule has 0 spiro atoms. The Kier molecular flexibility index (Phi) is 4.44. The molecule has 1 aliphatic carbocycles. The van der Waals surface area contributed by atoms with Gasteiger partial charge in [0.05, 0.1) is 5.54 Å². The SMILES string of the molecule is C=CCC[C@]12CCCC[C@H]1C(=O)CCN2C(=O)C(F)(F)F. The topological polar surface area (TPSA) is 37.4 Å². The van der Waals surface area contributed by atoms with Gasteiger partial charge in [-0.25, -0.2) is 0 Å². The highest BCUT2D eigenvalue weighted by atomic mass is 19.4. The number of likely N-dealkylation sites (tertiary alicyclic amines) is 1. The summed E-state index contributed by atoms with van der Waals surface area (Å²) in [7, 11) is 0. The van der Waals surface area contributed by atoms with Gasteiger partial charge in [0.2, 0.25) is 0 Å². The number of carbonyl (C=O) groups is 2. The summed E-state index contributed by atoms with van der Waals surface area (Å²) in [6, 6.07) is 0. The second-order valence-corrected chi connectivity index (χ2v) is 5.90. The van der Waals surface area contributed by atoms with Gasteiger partial charge in [-0.05, 0) is 25.7 Å². The number of amides is 1. The fraction of sp³-hybridized carbons (Fsp3) is 0.733. The summed E-state index contributed by atoms with van der Waals surface area (Å²) in [4.78, 5) is 24.9.